The van der Waals surface area contributed by atoms with Crippen LogP contribution in [0.15, 0.2) is 60.7 Å². The molecular formula is C17H19OP. The minimum absolute atomic E-state index is 0.383. The van der Waals surface area contributed by atoms with E-state index in [2.05, 4.69) is 60.7 Å². The van der Waals surface area contributed by atoms with Gasteiger partial charge in [0.25, 0.3) is 0 Å². The molecule has 1 atom stereocenters. The van der Waals surface area contributed by atoms with Crippen LogP contribution in [0.1, 0.15) is 19.3 Å². The SMILES string of the molecule is c1ccc(P(c2ccccc2)C2CCCCO2)cc1. The second-order valence-corrected chi connectivity index (χ2v) is 7.21. The van der Waals surface area contributed by atoms with Gasteiger partial charge in [0.2, 0.25) is 0 Å². The summed E-state index contributed by atoms with van der Waals surface area (Å²) in [7, 11) is -0.391. The number of hydrogen-bond acceptors (Lipinski definition) is 1. The largest absolute Gasteiger partial charge is 0.373 e. The van der Waals surface area contributed by atoms with Crippen molar-refractivity contribution < 1.29 is 4.74 Å². The minimum atomic E-state index is -0.391. The summed E-state index contributed by atoms with van der Waals surface area (Å²) in [5.41, 5.74) is 0. The summed E-state index contributed by atoms with van der Waals surface area (Å²) in [4.78, 5) is 0. The third-order valence-corrected chi connectivity index (χ3v) is 6.20. The lowest BCUT2D eigenvalue weighted by Crippen LogP contribution is -2.26. The van der Waals surface area contributed by atoms with E-state index in [0.29, 0.717) is 5.85 Å². The van der Waals surface area contributed by atoms with Crippen LogP contribution >= 0.6 is 7.92 Å². The molecular weight excluding hydrogens is 251 g/mol. The van der Waals surface area contributed by atoms with Crippen LogP contribution in [0.25, 0.3) is 0 Å². The Morgan fingerprint density at radius 3 is 1.84 bits per heavy atom. The van der Waals surface area contributed by atoms with Crippen molar-refractivity contribution in [1.82, 2.24) is 0 Å². The zero-order valence-electron chi connectivity index (χ0n) is 11.0. The van der Waals surface area contributed by atoms with E-state index in [9.17, 15) is 0 Å². The van der Waals surface area contributed by atoms with Crippen molar-refractivity contribution in [2.24, 2.45) is 0 Å². The molecule has 0 bridgehead atoms. The van der Waals surface area contributed by atoms with E-state index in [-0.39, 0.29) is 0 Å². The van der Waals surface area contributed by atoms with Gasteiger partial charge in [-0.15, -0.1) is 0 Å². The van der Waals surface area contributed by atoms with Crippen LogP contribution in [0.2, 0.25) is 0 Å². The Bertz CT molecular complexity index is 452. The molecule has 1 aliphatic rings. The van der Waals surface area contributed by atoms with E-state index in [1.807, 2.05) is 0 Å². The van der Waals surface area contributed by atoms with E-state index in [1.165, 1.54) is 29.9 Å². The third kappa shape index (κ3) is 3.05. The van der Waals surface area contributed by atoms with Gasteiger partial charge < -0.3 is 4.74 Å². The summed E-state index contributed by atoms with van der Waals surface area (Å²) >= 11 is 0. The van der Waals surface area contributed by atoms with Crippen molar-refractivity contribution >= 4 is 18.5 Å². The highest BCUT2D eigenvalue weighted by Crippen LogP contribution is 2.43. The van der Waals surface area contributed by atoms with Crippen LogP contribution in [-0.4, -0.2) is 12.5 Å². The molecule has 0 aliphatic carbocycles. The van der Waals surface area contributed by atoms with Crippen LogP contribution in [0.4, 0.5) is 0 Å². The molecule has 0 amide bonds. The highest BCUT2D eigenvalue weighted by Gasteiger charge is 2.26. The molecule has 0 spiro atoms. The quantitative estimate of drug-likeness (QED) is 0.774. The Balaban J connectivity index is 1.96. The number of rotatable bonds is 3. The van der Waals surface area contributed by atoms with Gasteiger partial charge in [-0.05, 0) is 37.8 Å². The van der Waals surface area contributed by atoms with Gasteiger partial charge in [-0.25, -0.2) is 0 Å². The first-order valence-electron chi connectivity index (χ1n) is 6.96. The fraction of sp³-hybridized carbons (Fsp3) is 0.294. The summed E-state index contributed by atoms with van der Waals surface area (Å²) in [6, 6.07) is 21.7. The molecule has 1 heterocycles. The fourth-order valence-electron chi connectivity index (χ4n) is 2.59. The lowest BCUT2D eigenvalue weighted by molar-refractivity contribution is 0.0701. The molecule has 0 radical (unpaired) electrons. The zero-order valence-corrected chi connectivity index (χ0v) is 11.9. The number of ether oxygens (including phenoxy) is 1. The topological polar surface area (TPSA) is 9.23 Å². The van der Waals surface area contributed by atoms with Gasteiger partial charge >= 0.3 is 0 Å². The van der Waals surface area contributed by atoms with E-state index < -0.39 is 7.92 Å². The van der Waals surface area contributed by atoms with E-state index in [0.717, 1.165) is 6.61 Å². The lowest BCUT2D eigenvalue weighted by atomic mass is 10.2. The Kier molecular flexibility index (Phi) is 4.27. The maximum absolute atomic E-state index is 6.08. The lowest BCUT2D eigenvalue weighted by Gasteiger charge is -2.31. The molecule has 2 heteroatoms. The predicted molar refractivity (Wildman–Crippen MR) is 82.7 cm³/mol. The first-order valence-corrected chi connectivity index (χ1v) is 8.37. The summed E-state index contributed by atoms with van der Waals surface area (Å²) in [5, 5.41) is 2.85. The van der Waals surface area contributed by atoms with Crippen molar-refractivity contribution in [3.63, 3.8) is 0 Å². The minimum Gasteiger partial charge on any atom is -0.373 e. The van der Waals surface area contributed by atoms with Crippen molar-refractivity contribution in [3.8, 4) is 0 Å². The average molecular weight is 270 g/mol. The van der Waals surface area contributed by atoms with E-state index in [1.54, 1.807) is 0 Å². The Morgan fingerprint density at radius 2 is 1.37 bits per heavy atom. The molecule has 1 fully saturated rings. The van der Waals surface area contributed by atoms with Gasteiger partial charge in [-0.1, -0.05) is 60.7 Å². The van der Waals surface area contributed by atoms with Crippen molar-refractivity contribution in [1.29, 1.82) is 0 Å². The molecule has 2 aromatic carbocycles. The summed E-state index contributed by atoms with van der Waals surface area (Å²) in [6.07, 6.45) is 3.70. The highest BCUT2D eigenvalue weighted by atomic mass is 31.1. The van der Waals surface area contributed by atoms with Gasteiger partial charge in [-0.2, -0.15) is 0 Å². The maximum Gasteiger partial charge on any atom is 0.0848 e. The van der Waals surface area contributed by atoms with Crippen molar-refractivity contribution in [3.05, 3.63) is 60.7 Å². The molecule has 19 heavy (non-hydrogen) atoms. The third-order valence-electron chi connectivity index (χ3n) is 3.51. The van der Waals surface area contributed by atoms with Gasteiger partial charge in [-0.3, -0.25) is 0 Å². The molecule has 1 aliphatic heterocycles. The summed E-state index contributed by atoms with van der Waals surface area (Å²) in [5.74, 6) is 0.383. The van der Waals surface area contributed by atoms with Crippen LogP contribution in [0, 0.1) is 0 Å². The smallest absolute Gasteiger partial charge is 0.0848 e. The van der Waals surface area contributed by atoms with Gasteiger partial charge in [0.05, 0.1) is 5.85 Å². The standard InChI is InChI=1S/C17H19OP/c1-3-9-15(10-4-1)19(16-11-5-2-6-12-16)17-13-7-8-14-18-17/h1-6,9-12,17H,7-8,13-14H2. The molecule has 1 nitrogen and oxygen atoms in total. The first-order chi connectivity index (χ1) is 9.45. The normalized spacial score (nSPS) is 19.5. The van der Waals surface area contributed by atoms with Crippen molar-refractivity contribution in [2.75, 3.05) is 6.61 Å². The highest BCUT2D eigenvalue weighted by molar-refractivity contribution is 7.73. The van der Waals surface area contributed by atoms with Crippen molar-refractivity contribution in [2.45, 2.75) is 25.1 Å². The molecule has 1 saturated heterocycles. The molecule has 3 rings (SSSR count). The maximum atomic E-state index is 6.08. The molecule has 98 valence electrons. The van der Waals surface area contributed by atoms with Crippen LogP contribution in [0.3, 0.4) is 0 Å². The van der Waals surface area contributed by atoms with Gasteiger partial charge in [0, 0.05) is 6.61 Å². The summed E-state index contributed by atoms with van der Waals surface area (Å²) in [6.45, 7) is 0.920. The van der Waals surface area contributed by atoms with E-state index in [4.69, 9.17) is 4.74 Å². The second-order valence-electron chi connectivity index (χ2n) is 4.86. The Labute approximate surface area is 116 Å². The first kappa shape index (κ1) is 12.8. The van der Waals surface area contributed by atoms with E-state index >= 15 is 0 Å². The molecule has 0 aromatic heterocycles. The van der Waals surface area contributed by atoms with Gasteiger partial charge in [0.1, 0.15) is 0 Å². The average Bonchev–Trinajstić information content (AvgIpc) is 2.51. The number of benzene rings is 2. The zero-order chi connectivity index (χ0) is 12.9. The molecule has 2 aromatic rings. The Hall–Kier alpha value is -1.17. The molecule has 1 unspecified atom stereocenters. The molecule has 0 saturated carbocycles. The second kappa shape index (κ2) is 6.32. The molecule has 0 N–H and O–H groups in total. The summed E-state index contributed by atoms with van der Waals surface area (Å²) < 4.78 is 6.08. The predicted octanol–water partition coefficient (Wildman–Crippen LogP) is 3.65. The fourth-order valence-corrected chi connectivity index (χ4v) is 5.23. The Morgan fingerprint density at radius 1 is 0.789 bits per heavy atom. The van der Waals surface area contributed by atoms with Gasteiger partial charge in [0.15, 0.2) is 0 Å². The van der Waals surface area contributed by atoms with Crippen LogP contribution in [0.5, 0.6) is 0 Å². The van der Waals surface area contributed by atoms with Crippen LogP contribution in [-0.2, 0) is 4.74 Å². The number of hydrogen-bond donors (Lipinski definition) is 0. The van der Waals surface area contributed by atoms with Crippen LogP contribution < -0.4 is 10.6 Å². The monoisotopic (exact) mass is 270 g/mol.